The molecular formula is C74H94Cl2F9IN2O4S3Si. The Bertz CT molecular complexity index is 3540. The van der Waals surface area contributed by atoms with Crippen molar-refractivity contribution in [3.63, 3.8) is 0 Å². The Morgan fingerprint density at radius 1 is 0.438 bits per heavy atom. The molecule has 0 spiro atoms. The number of piperidine rings is 2. The lowest BCUT2D eigenvalue weighted by atomic mass is 9.84. The van der Waals surface area contributed by atoms with E-state index in [9.17, 15) is 44.7 Å². The van der Waals surface area contributed by atoms with E-state index in [1.54, 1.807) is 73.9 Å². The Morgan fingerprint density at radius 2 is 0.740 bits per heavy atom. The number of rotatable bonds is 12. The zero-order valence-electron chi connectivity index (χ0n) is 57.7. The first-order chi connectivity index (χ1) is 44.0. The monoisotopic (exact) mass is 1570 g/mol. The molecule has 6 aromatic carbocycles. The number of likely N-dealkylation sites (tertiary alicyclic amines) is 2. The van der Waals surface area contributed by atoms with Crippen LogP contribution in [0.3, 0.4) is 0 Å². The van der Waals surface area contributed by atoms with Crippen LogP contribution in [-0.4, -0.2) is 66.6 Å². The quantitative estimate of drug-likeness (QED) is 0.0687. The van der Waals surface area contributed by atoms with Crippen molar-refractivity contribution in [2.24, 2.45) is 0 Å². The van der Waals surface area contributed by atoms with Crippen molar-refractivity contribution >= 4 is 102 Å². The van der Waals surface area contributed by atoms with E-state index in [1.165, 1.54) is 42.1 Å². The number of hydrogen-bond acceptors (Lipinski definition) is 7. The largest absolute Gasteiger partial charge is 0.444 e. The lowest BCUT2D eigenvalue weighted by Crippen LogP contribution is -2.42. The van der Waals surface area contributed by atoms with Gasteiger partial charge in [-0.05, 0) is 247 Å². The number of ether oxygens (including phenoxy) is 2. The molecule has 2 aliphatic heterocycles. The fourth-order valence-corrected chi connectivity index (χ4v) is 24.3. The first-order valence-electron chi connectivity index (χ1n) is 32.4. The molecule has 9 rings (SSSR count). The molecule has 530 valence electrons. The van der Waals surface area contributed by atoms with Crippen molar-refractivity contribution in [3.8, 4) is 0 Å². The second-order valence-electron chi connectivity index (χ2n) is 27.5. The third-order valence-electron chi connectivity index (χ3n) is 17.1. The molecule has 6 aromatic rings. The molecule has 1 aliphatic carbocycles. The summed E-state index contributed by atoms with van der Waals surface area (Å²) in [4.78, 5) is 30.8. The normalized spacial score (nSPS) is 15.0. The molecule has 22 heteroatoms. The molecule has 0 N–H and O–H groups in total. The molecule has 6 nitrogen and oxygen atoms in total. The predicted molar refractivity (Wildman–Crippen MR) is 390 cm³/mol. The SMILES string of the molecule is CC(C)[Si](Sc1ccc(F)c(F)c1C1CCN(C(=O)OC(C)(C)C)CC1)(C(C)C)C(C)C.Cc1ccc(I)c(F)c1.Cc1ccc(Sc2ccc(F)c(F)c2C2CCCCC2)c(F)c1.Cc1ccc(Sc2ccc(F)c(F)c2C2CCN(C(=O)OC(C)(C)C)CC2)c(F)c1.Cl.Cl. The van der Waals surface area contributed by atoms with Crippen molar-refractivity contribution in [1.29, 1.82) is 0 Å². The fraction of sp³-hybridized carbons (Fsp3) is 0.486. The summed E-state index contributed by atoms with van der Waals surface area (Å²) < 4.78 is 139. The van der Waals surface area contributed by atoms with Gasteiger partial charge in [0.15, 0.2) is 34.9 Å². The van der Waals surface area contributed by atoms with E-state index in [-0.39, 0.29) is 65.9 Å². The Kier molecular flexibility index (Phi) is 32.9. The average Bonchev–Trinajstić information content (AvgIpc) is 0.725. The number of carbonyl (C=O) groups is 2. The molecule has 0 bridgehead atoms. The van der Waals surface area contributed by atoms with E-state index in [2.05, 4.69) is 41.5 Å². The van der Waals surface area contributed by atoms with Crippen LogP contribution in [0.4, 0.5) is 49.1 Å². The number of hydrogen-bond donors (Lipinski definition) is 0. The van der Waals surface area contributed by atoms with Gasteiger partial charge in [0.25, 0.3) is 0 Å². The van der Waals surface area contributed by atoms with E-state index < -0.39 is 65.2 Å². The van der Waals surface area contributed by atoms with Gasteiger partial charge in [-0.25, -0.2) is 49.1 Å². The molecule has 0 atom stereocenters. The van der Waals surface area contributed by atoms with Gasteiger partial charge in [0.1, 0.15) is 35.9 Å². The third-order valence-corrected chi connectivity index (χ3v) is 32.5. The highest BCUT2D eigenvalue weighted by Gasteiger charge is 2.45. The second-order valence-corrected chi connectivity index (χ2v) is 39.4. The van der Waals surface area contributed by atoms with Gasteiger partial charge in [0, 0.05) is 70.9 Å². The minimum absolute atomic E-state index is 0. The van der Waals surface area contributed by atoms with Crippen LogP contribution < -0.4 is 0 Å². The van der Waals surface area contributed by atoms with Crippen molar-refractivity contribution in [2.45, 2.75) is 232 Å². The molecule has 0 radical (unpaired) electrons. The zero-order chi connectivity index (χ0) is 69.7. The van der Waals surface area contributed by atoms with E-state index in [0.29, 0.717) is 103 Å². The second kappa shape index (κ2) is 37.5. The summed E-state index contributed by atoms with van der Waals surface area (Å²) in [5, 5.41) is 0. The highest BCUT2D eigenvalue weighted by atomic mass is 127. The van der Waals surface area contributed by atoms with E-state index >= 15 is 4.39 Å². The molecule has 2 amide bonds. The lowest BCUT2D eigenvalue weighted by molar-refractivity contribution is 0.0193. The molecule has 3 fully saturated rings. The summed E-state index contributed by atoms with van der Waals surface area (Å²) in [7, 11) is -1.92. The van der Waals surface area contributed by atoms with Gasteiger partial charge >= 0.3 is 12.2 Å². The molecule has 96 heavy (non-hydrogen) atoms. The van der Waals surface area contributed by atoms with Gasteiger partial charge in [0.05, 0.1) is 0 Å². The maximum atomic E-state index is 15.2. The number of nitrogens with zero attached hydrogens (tertiary/aromatic N) is 2. The predicted octanol–water partition coefficient (Wildman–Crippen LogP) is 25.2. The smallest absolute Gasteiger partial charge is 0.410 e. The fourth-order valence-electron chi connectivity index (χ4n) is 12.6. The van der Waals surface area contributed by atoms with Crippen LogP contribution in [0.25, 0.3) is 0 Å². The maximum Gasteiger partial charge on any atom is 0.410 e. The van der Waals surface area contributed by atoms with Crippen molar-refractivity contribution in [2.75, 3.05) is 26.2 Å². The van der Waals surface area contributed by atoms with Crippen LogP contribution >= 0.6 is 82.1 Å². The lowest BCUT2D eigenvalue weighted by Gasteiger charge is -2.43. The van der Waals surface area contributed by atoms with Gasteiger partial charge < -0.3 is 19.3 Å². The van der Waals surface area contributed by atoms with Gasteiger partial charge in [-0.2, -0.15) is 0 Å². The third kappa shape index (κ3) is 23.2. The zero-order valence-corrected chi connectivity index (χ0v) is 64.9. The highest BCUT2D eigenvalue weighted by molar-refractivity contribution is 14.1. The number of aryl methyl sites for hydroxylation is 3. The molecule has 2 heterocycles. The number of amides is 2. The van der Waals surface area contributed by atoms with Crippen LogP contribution in [0, 0.1) is 76.7 Å². The summed E-state index contributed by atoms with van der Waals surface area (Å²) in [6, 6.07) is 23.4. The summed E-state index contributed by atoms with van der Waals surface area (Å²) in [5.74, 6) is -6.11. The van der Waals surface area contributed by atoms with Gasteiger partial charge in [-0.3, -0.25) is 0 Å². The van der Waals surface area contributed by atoms with Crippen molar-refractivity contribution in [1.82, 2.24) is 9.80 Å². The Labute approximate surface area is 603 Å². The average molecular weight is 1570 g/mol. The number of carbonyl (C=O) groups excluding carboxylic acids is 2. The van der Waals surface area contributed by atoms with Crippen molar-refractivity contribution < 1.29 is 58.6 Å². The van der Waals surface area contributed by atoms with Gasteiger partial charge in [0.2, 0.25) is 0 Å². The maximum absolute atomic E-state index is 15.2. The van der Waals surface area contributed by atoms with Crippen LogP contribution in [0.2, 0.25) is 16.6 Å². The van der Waals surface area contributed by atoms with Crippen molar-refractivity contribution in [3.05, 3.63) is 180 Å². The first kappa shape index (κ1) is 84.2. The summed E-state index contributed by atoms with van der Waals surface area (Å²) >= 11 is 6.09. The molecule has 3 aliphatic rings. The van der Waals surface area contributed by atoms with E-state index in [1.807, 2.05) is 80.6 Å². The first-order valence-corrected chi connectivity index (χ1v) is 38.9. The summed E-state index contributed by atoms with van der Waals surface area (Å²) in [6.07, 6.45) is 6.35. The van der Waals surface area contributed by atoms with Crippen LogP contribution in [0.5, 0.6) is 0 Å². The van der Waals surface area contributed by atoms with Gasteiger partial charge in [-0.1, -0.05) is 103 Å². The summed E-state index contributed by atoms with van der Waals surface area (Å²) in [5.41, 5.74) is 4.15. The molecule has 2 saturated heterocycles. The number of halogens is 12. The van der Waals surface area contributed by atoms with E-state index in [0.717, 1.165) is 77.6 Å². The standard InChI is InChI=1S/C25H41F2NO2SSi.C23H26F3NO2S.C19H19F3S.C7H6FI.2ClH/c1-16(2)32(17(3)4,18(5)6)31-21-11-10-20(26)23(27)22(21)19-12-14-28(15-13-19)24(29)30-25(7,8)9;1-14-5-7-18(17(25)13-14)30-19-8-6-16(24)21(26)20(19)15-9-11-27(12-10-15)22(28)29-23(2,3)4;1-12-7-9-16(15(21)11-12)23-17-10-8-14(20)19(22)18(17)13-5-3-2-4-6-13;1-5-2-3-7(9)6(8)4-5;;/h10-11,16-19H,12-15H2,1-9H3;5-8,13,15H,9-12H2,1-4H3;7-11,13H,2-6H2,1H3;2-4H,1H3;2*1H. The molecule has 0 aromatic heterocycles. The van der Waals surface area contributed by atoms with Crippen LogP contribution in [0.15, 0.2) is 115 Å². The van der Waals surface area contributed by atoms with Gasteiger partial charge in [-0.15, -0.1) is 36.0 Å². The molecule has 1 saturated carbocycles. The summed E-state index contributed by atoms with van der Waals surface area (Å²) in [6.45, 7) is 31.8. The minimum atomic E-state index is -1.92. The Morgan fingerprint density at radius 3 is 1.05 bits per heavy atom. The Balaban J connectivity index is 0.000000286. The Hall–Kier alpha value is -4.19. The molecular weight excluding hydrogens is 1470 g/mol. The van der Waals surface area contributed by atoms with E-state index in [4.69, 9.17) is 9.47 Å². The minimum Gasteiger partial charge on any atom is -0.444 e. The topological polar surface area (TPSA) is 59.1 Å². The van der Waals surface area contributed by atoms with Crippen LogP contribution in [0.1, 0.15) is 192 Å². The molecule has 0 unspecified atom stereocenters. The van der Waals surface area contributed by atoms with Crippen LogP contribution in [-0.2, 0) is 9.47 Å². The number of benzene rings is 6. The highest BCUT2D eigenvalue weighted by Crippen LogP contribution is 2.54.